The lowest BCUT2D eigenvalue weighted by molar-refractivity contribution is 0.0563. The highest BCUT2D eigenvalue weighted by Crippen LogP contribution is 2.24. The third-order valence-electron chi connectivity index (χ3n) is 4.18. The highest BCUT2D eigenvalue weighted by Gasteiger charge is 2.16. The van der Waals surface area contributed by atoms with Crippen LogP contribution in [0.4, 0.5) is 8.78 Å². The SMILES string of the molecule is COC(=O)c1ccc(Cn2c(C)cc(OCc3ccc(F)cc3F)c(Br)c2=O)o1. The number of methoxy groups -OCH3 is 1. The molecule has 0 N–H and O–H groups in total. The van der Waals surface area contributed by atoms with E-state index in [4.69, 9.17) is 9.15 Å². The van der Waals surface area contributed by atoms with Gasteiger partial charge in [-0.15, -0.1) is 0 Å². The fourth-order valence-corrected chi connectivity index (χ4v) is 3.08. The molecule has 0 saturated heterocycles. The van der Waals surface area contributed by atoms with Crippen LogP contribution in [0.1, 0.15) is 27.6 Å². The molecular weight excluding hydrogens is 452 g/mol. The zero-order valence-electron chi connectivity index (χ0n) is 15.5. The number of carbonyl (C=O) groups is 1. The second-order valence-electron chi connectivity index (χ2n) is 6.14. The van der Waals surface area contributed by atoms with Gasteiger partial charge in [0.2, 0.25) is 5.76 Å². The van der Waals surface area contributed by atoms with Crippen molar-refractivity contribution in [3.05, 3.63) is 85.6 Å². The van der Waals surface area contributed by atoms with Gasteiger partial charge in [-0.25, -0.2) is 13.6 Å². The Hall–Kier alpha value is -2.94. The van der Waals surface area contributed by atoms with Gasteiger partial charge in [-0.05, 0) is 47.1 Å². The van der Waals surface area contributed by atoms with Gasteiger partial charge in [0.05, 0.1) is 13.7 Å². The molecule has 152 valence electrons. The molecule has 0 aliphatic carbocycles. The van der Waals surface area contributed by atoms with Crippen molar-refractivity contribution in [3.63, 3.8) is 0 Å². The Labute approximate surface area is 172 Å². The second kappa shape index (κ2) is 8.60. The summed E-state index contributed by atoms with van der Waals surface area (Å²) in [5, 5.41) is 0. The first-order valence-corrected chi connectivity index (χ1v) is 9.23. The fourth-order valence-electron chi connectivity index (χ4n) is 2.64. The first-order chi connectivity index (χ1) is 13.8. The first-order valence-electron chi connectivity index (χ1n) is 8.44. The maximum absolute atomic E-state index is 13.8. The molecule has 2 aromatic heterocycles. The summed E-state index contributed by atoms with van der Waals surface area (Å²) < 4.78 is 43.9. The number of esters is 1. The number of ether oxygens (including phenoxy) is 2. The Morgan fingerprint density at radius 1 is 1.21 bits per heavy atom. The summed E-state index contributed by atoms with van der Waals surface area (Å²) >= 11 is 3.21. The summed E-state index contributed by atoms with van der Waals surface area (Å²) in [6.07, 6.45) is 0. The molecule has 0 spiro atoms. The molecule has 1 aromatic carbocycles. The summed E-state index contributed by atoms with van der Waals surface area (Å²) in [4.78, 5) is 24.2. The van der Waals surface area contributed by atoms with E-state index in [0.717, 1.165) is 12.1 Å². The number of rotatable bonds is 6. The summed E-state index contributed by atoms with van der Waals surface area (Å²) in [7, 11) is 1.24. The van der Waals surface area contributed by atoms with Crippen LogP contribution in [0.15, 0.2) is 50.1 Å². The van der Waals surface area contributed by atoms with E-state index in [9.17, 15) is 18.4 Å². The number of carbonyl (C=O) groups excluding carboxylic acids is 1. The van der Waals surface area contributed by atoms with E-state index in [-0.39, 0.29) is 34.7 Å². The quantitative estimate of drug-likeness (QED) is 0.508. The van der Waals surface area contributed by atoms with Crippen molar-refractivity contribution in [3.8, 4) is 5.75 Å². The van der Waals surface area contributed by atoms with Crippen LogP contribution < -0.4 is 10.3 Å². The van der Waals surface area contributed by atoms with Crippen molar-refractivity contribution in [1.82, 2.24) is 4.57 Å². The van der Waals surface area contributed by atoms with Crippen LogP contribution in [0, 0.1) is 18.6 Å². The molecule has 6 nitrogen and oxygen atoms in total. The predicted octanol–water partition coefficient (Wildman–Crippen LogP) is 4.20. The zero-order chi connectivity index (χ0) is 21.1. The lowest BCUT2D eigenvalue weighted by Gasteiger charge is -2.14. The number of aromatic nitrogens is 1. The molecule has 0 saturated carbocycles. The van der Waals surface area contributed by atoms with Gasteiger partial charge in [0.25, 0.3) is 5.56 Å². The molecule has 0 aliphatic heterocycles. The Morgan fingerprint density at radius 2 is 1.97 bits per heavy atom. The largest absolute Gasteiger partial charge is 0.487 e. The molecular formula is C20H16BrF2NO5. The number of hydrogen-bond donors (Lipinski definition) is 0. The Bertz CT molecular complexity index is 1120. The van der Waals surface area contributed by atoms with Crippen LogP contribution in [-0.4, -0.2) is 17.6 Å². The molecule has 0 aliphatic rings. The number of aryl methyl sites for hydroxylation is 1. The summed E-state index contributed by atoms with van der Waals surface area (Å²) in [6, 6.07) is 7.83. The van der Waals surface area contributed by atoms with Crippen LogP contribution in [-0.2, 0) is 17.9 Å². The van der Waals surface area contributed by atoms with Gasteiger partial charge in [-0.3, -0.25) is 4.79 Å². The van der Waals surface area contributed by atoms with E-state index in [2.05, 4.69) is 20.7 Å². The van der Waals surface area contributed by atoms with Gasteiger partial charge in [-0.1, -0.05) is 0 Å². The molecule has 3 rings (SSSR count). The number of pyridine rings is 1. The summed E-state index contributed by atoms with van der Waals surface area (Å²) in [6.45, 7) is 1.62. The number of furan rings is 1. The second-order valence-corrected chi connectivity index (χ2v) is 6.93. The van der Waals surface area contributed by atoms with Crippen LogP contribution in [0.2, 0.25) is 0 Å². The molecule has 2 heterocycles. The van der Waals surface area contributed by atoms with Crippen molar-refractivity contribution in [2.45, 2.75) is 20.1 Å². The minimum absolute atomic E-state index is 0.0357. The molecule has 0 radical (unpaired) electrons. The number of nitrogens with zero attached hydrogens (tertiary/aromatic N) is 1. The van der Waals surface area contributed by atoms with Crippen molar-refractivity contribution in [1.29, 1.82) is 0 Å². The zero-order valence-corrected chi connectivity index (χ0v) is 17.1. The molecule has 9 heteroatoms. The summed E-state index contributed by atoms with van der Waals surface area (Å²) in [5.74, 6) is -1.37. The molecule has 0 unspecified atom stereocenters. The van der Waals surface area contributed by atoms with E-state index in [1.807, 2.05) is 0 Å². The van der Waals surface area contributed by atoms with Crippen LogP contribution in [0.25, 0.3) is 0 Å². The van der Waals surface area contributed by atoms with E-state index >= 15 is 0 Å². The summed E-state index contributed by atoms with van der Waals surface area (Å²) in [5.41, 5.74) is 0.324. The van der Waals surface area contributed by atoms with Gasteiger partial charge in [0.1, 0.15) is 34.2 Å². The topological polar surface area (TPSA) is 70.7 Å². The third-order valence-corrected chi connectivity index (χ3v) is 4.91. The lowest BCUT2D eigenvalue weighted by Crippen LogP contribution is -2.24. The van der Waals surface area contributed by atoms with Crippen LogP contribution in [0.5, 0.6) is 5.75 Å². The third kappa shape index (κ3) is 4.56. The van der Waals surface area contributed by atoms with Crippen molar-refractivity contribution < 1.29 is 27.5 Å². The minimum atomic E-state index is -0.731. The molecule has 29 heavy (non-hydrogen) atoms. The average molecular weight is 468 g/mol. The van der Waals surface area contributed by atoms with Crippen LogP contribution in [0.3, 0.4) is 0 Å². The van der Waals surface area contributed by atoms with Crippen molar-refractivity contribution >= 4 is 21.9 Å². The Kier molecular flexibility index (Phi) is 6.17. The molecule has 0 fully saturated rings. The molecule has 0 amide bonds. The maximum atomic E-state index is 13.8. The van der Waals surface area contributed by atoms with Gasteiger partial charge in [0, 0.05) is 23.4 Å². The monoisotopic (exact) mass is 467 g/mol. The normalized spacial score (nSPS) is 10.8. The van der Waals surface area contributed by atoms with Gasteiger partial charge >= 0.3 is 5.97 Å². The molecule has 3 aromatic rings. The first kappa shape index (κ1) is 20.8. The Balaban J connectivity index is 1.81. The average Bonchev–Trinajstić information content (AvgIpc) is 3.16. The Morgan fingerprint density at radius 3 is 2.66 bits per heavy atom. The van der Waals surface area contributed by atoms with E-state index in [1.165, 1.54) is 23.8 Å². The van der Waals surface area contributed by atoms with Gasteiger partial charge in [-0.2, -0.15) is 0 Å². The molecule has 0 bridgehead atoms. The van der Waals surface area contributed by atoms with E-state index in [1.54, 1.807) is 19.1 Å². The minimum Gasteiger partial charge on any atom is -0.487 e. The van der Waals surface area contributed by atoms with Gasteiger partial charge < -0.3 is 18.5 Å². The fraction of sp³-hybridized carbons (Fsp3) is 0.200. The molecule has 0 atom stereocenters. The predicted molar refractivity (Wildman–Crippen MR) is 103 cm³/mol. The number of benzene rings is 1. The number of hydrogen-bond acceptors (Lipinski definition) is 5. The van der Waals surface area contributed by atoms with E-state index < -0.39 is 23.2 Å². The van der Waals surface area contributed by atoms with Crippen molar-refractivity contribution in [2.24, 2.45) is 0 Å². The lowest BCUT2D eigenvalue weighted by atomic mass is 10.2. The smallest absolute Gasteiger partial charge is 0.373 e. The van der Waals surface area contributed by atoms with Gasteiger partial charge in [0.15, 0.2) is 0 Å². The maximum Gasteiger partial charge on any atom is 0.373 e. The number of halogens is 3. The highest BCUT2D eigenvalue weighted by molar-refractivity contribution is 9.10. The van der Waals surface area contributed by atoms with E-state index in [0.29, 0.717) is 11.5 Å². The highest BCUT2D eigenvalue weighted by atomic mass is 79.9. The van der Waals surface area contributed by atoms with Crippen molar-refractivity contribution in [2.75, 3.05) is 7.11 Å². The van der Waals surface area contributed by atoms with Crippen LogP contribution >= 0.6 is 15.9 Å². The standard InChI is InChI=1S/C20H16BrF2NO5/c1-11-7-17(28-10-12-3-4-13(22)8-15(12)23)18(21)19(25)24(11)9-14-5-6-16(29-14)20(26)27-2/h3-8H,9-10H2,1-2H3.